The number of halogens is 1. The molecule has 2 N–H and O–H groups in total. The molecule has 0 saturated carbocycles. The van der Waals surface area contributed by atoms with Gasteiger partial charge in [0.1, 0.15) is 16.7 Å². The predicted molar refractivity (Wildman–Crippen MR) is 80.6 cm³/mol. The Hall–Kier alpha value is -2.08. The number of nitrogens with one attached hydrogen (secondary N) is 2. The molecule has 0 atom stereocenters. The highest BCUT2D eigenvalue weighted by molar-refractivity contribution is 6.29. The first-order valence-corrected chi connectivity index (χ1v) is 7.00. The Morgan fingerprint density at radius 1 is 1.38 bits per heavy atom. The molecule has 7 heteroatoms. The molecule has 0 aromatic carbocycles. The lowest BCUT2D eigenvalue weighted by molar-refractivity contribution is 0.0950. The van der Waals surface area contributed by atoms with Crippen LogP contribution < -0.4 is 10.6 Å². The van der Waals surface area contributed by atoms with Crippen LogP contribution in [0.4, 0.5) is 5.82 Å². The number of carbonyl (C=O) groups excluding carboxylic acids is 1. The highest BCUT2D eigenvalue weighted by Crippen LogP contribution is 2.15. The zero-order chi connectivity index (χ0) is 15.4. The molecule has 21 heavy (non-hydrogen) atoms. The smallest absolute Gasteiger partial charge is 0.251 e. The predicted octanol–water partition coefficient (Wildman–Crippen LogP) is 2.70. The van der Waals surface area contributed by atoms with Crippen molar-refractivity contribution in [3.63, 3.8) is 0 Å². The Morgan fingerprint density at radius 2 is 2.14 bits per heavy atom. The van der Waals surface area contributed by atoms with Gasteiger partial charge in [0, 0.05) is 24.2 Å². The zero-order valence-electron chi connectivity index (χ0n) is 12.2. The molecule has 2 heterocycles. The minimum absolute atomic E-state index is 0.224. The van der Waals surface area contributed by atoms with Gasteiger partial charge >= 0.3 is 0 Å². The lowest BCUT2D eigenvalue weighted by Crippen LogP contribution is -2.23. The maximum Gasteiger partial charge on any atom is 0.251 e. The van der Waals surface area contributed by atoms with E-state index in [-0.39, 0.29) is 11.1 Å². The van der Waals surface area contributed by atoms with Crippen LogP contribution in [0.1, 0.15) is 34.3 Å². The number of aryl methyl sites for hydroxylation is 2. The summed E-state index contributed by atoms with van der Waals surface area (Å²) in [6, 6.07) is 3.20. The van der Waals surface area contributed by atoms with E-state index in [1.807, 2.05) is 20.8 Å². The van der Waals surface area contributed by atoms with Gasteiger partial charge in [-0.1, -0.05) is 16.8 Å². The largest absolute Gasteiger partial charge is 0.370 e. The standard InChI is InChI=1S/C14H17ClN4O2/c1-4-16-13-6-10(5-12(15)18-13)14(20)17-7-11-8(2)19-21-9(11)3/h5-6H,4,7H2,1-3H3,(H,16,18)(H,17,20). The molecule has 0 aliphatic carbocycles. The van der Waals surface area contributed by atoms with Gasteiger partial charge in [-0.05, 0) is 32.9 Å². The number of hydrogen-bond donors (Lipinski definition) is 2. The van der Waals surface area contributed by atoms with Crippen molar-refractivity contribution < 1.29 is 9.32 Å². The second-order valence-electron chi connectivity index (χ2n) is 4.58. The van der Waals surface area contributed by atoms with Gasteiger partial charge in [-0.3, -0.25) is 4.79 Å². The minimum Gasteiger partial charge on any atom is -0.370 e. The van der Waals surface area contributed by atoms with Crippen molar-refractivity contribution in [1.82, 2.24) is 15.5 Å². The first-order valence-electron chi connectivity index (χ1n) is 6.62. The molecule has 2 rings (SSSR count). The first-order chi connectivity index (χ1) is 10.0. The molecule has 0 fully saturated rings. The van der Waals surface area contributed by atoms with Crippen LogP contribution in [0.5, 0.6) is 0 Å². The van der Waals surface area contributed by atoms with Crippen LogP contribution in [0, 0.1) is 13.8 Å². The second kappa shape index (κ2) is 6.58. The zero-order valence-corrected chi connectivity index (χ0v) is 12.9. The first kappa shape index (κ1) is 15.3. The number of nitrogens with zero attached hydrogens (tertiary/aromatic N) is 2. The van der Waals surface area contributed by atoms with Crippen molar-refractivity contribution in [3.8, 4) is 0 Å². The lowest BCUT2D eigenvalue weighted by atomic mass is 10.2. The Labute approximate surface area is 127 Å². The molecule has 0 aliphatic heterocycles. The summed E-state index contributed by atoms with van der Waals surface area (Å²) in [5, 5.41) is 9.98. The Bertz CT molecular complexity index is 635. The van der Waals surface area contributed by atoms with Crippen molar-refractivity contribution in [2.75, 3.05) is 11.9 Å². The maximum atomic E-state index is 12.2. The Kier molecular flexibility index (Phi) is 4.80. The number of hydrogen-bond acceptors (Lipinski definition) is 5. The summed E-state index contributed by atoms with van der Waals surface area (Å²) in [7, 11) is 0. The van der Waals surface area contributed by atoms with Crippen LogP contribution in [0.15, 0.2) is 16.7 Å². The molecule has 112 valence electrons. The van der Waals surface area contributed by atoms with E-state index in [0.29, 0.717) is 30.2 Å². The summed E-state index contributed by atoms with van der Waals surface area (Å²) < 4.78 is 5.06. The Morgan fingerprint density at radius 3 is 2.76 bits per heavy atom. The van der Waals surface area contributed by atoms with E-state index < -0.39 is 0 Å². The van der Waals surface area contributed by atoms with Crippen LogP contribution in [0.3, 0.4) is 0 Å². The molecule has 0 spiro atoms. The van der Waals surface area contributed by atoms with Gasteiger partial charge in [-0.2, -0.15) is 0 Å². The minimum atomic E-state index is -0.224. The van der Waals surface area contributed by atoms with Gasteiger partial charge in [-0.15, -0.1) is 0 Å². The van der Waals surface area contributed by atoms with Crippen LogP contribution in [-0.4, -0.2) is 22.6 Å². The van der Waals surface area contributed by atoms with Gasteiger partial charge in [0.2, 0.25) is 0 Å². The summed E-state index contributed by atoms with van der Waals surface area (Å²) >= 11 is 5.92. The van der Waals surface area contributed by atoms with Gasteiger partial charge in [0.05, 0.1) is 5.69 Å². The van der Waals surface area contributed by atoms with Crippen molar-refractivity contribution in [3.05, 3.63) is 39.9 Å². The van der Waals surface area contributed by atoms with E-state index in [0.717, 1.165) is 11.3 Å². The quantitative estimate of drug-likeness (QED) is 0.830. The highest BCUT2D eigenvalue weighted by Gasteiger charge is 2.13. The summed E-state index contributed by atoms with van der Waals surface area (Å²) in [5.74, 6) is 1.06. The number of aromatic nitrogens is 2. The lowest BCUT2D eigenvalue weighted by Gasteiger charge is -2.08. The topological polar surface area (TPSA) is 80.0 Å². The molecule has 2 aromatic heterocycles. The molecule has 0 unspecified atom stereocenters. The molecule has 0 bridgehead atoms. The molecule has 0 aliphatic rings. The molecule has 0 saturated heterocycles. The number of rotatable bonds is 5. The second-order valence-corrected chi connectivity index (χ2v) is 4.97. The third-order valence-electron chi connectivity index (χ3n) is 3.02. The average Bonchev–Trinajstić information content (AvgIpc) is 2.75. The van der Waals surface area contributed by atoms with Crippen molar-refractivity contribution in [1.29, 1.82) is 0 Å². The third-order valence-corrected chi connectivity index (χ3v) is 3.21. The van der Waals surface area contributed by atoms with Crippen LogP contribution in [0.2, 0.25) is 5.15 Å². The summed E-state index contributed by atoms with van der Waals surface area (Å²) in [6.07, 6.45) is 0. The SMILES string of the molecule is CCNc1cc(C(=O)NCc2c(C)noc2C)cc(Cl)n1. The number of carbonyl (C=O) groups is 1. The van der Waals surface area contributed by atoms with E-state index >= 15 is 0 Å². The fourth-order valence-corrected chi connectivity index (χ4v) is 2.13. The summed E-state index contributed by atoms with van der Waals surface area (Å²) in [4.78, 5) is 16.3. The van der Waals surface area contributed by atoms with Gasteiger partial charge in [0.25, 0.3) is 5.91 Å². The van der Waals surface area contributed by atoms with Gasteiger partial charge in [0.15, 0.2) is 0 Å². The average molecular weight is 309 g/mol. The highest BCUT2D eigenvalue weighted by atomic mass is 35.5. The van der Waals surface area contributed by atoms with E-state index in [1.54, 1.807) is 6.07 Å². The van der Waals surface area contributed by atoms with E-state index in [1.165, 1.54) is 6.07 Å². The van der Waals surface area contributed by atoms with Crippen LogP contribution in [-0.2, 0) is 6.54 Å². The maximum absolute atomic E-state index is 12.2. The third kappa shape index (κ3) is 3.72. The number of pyridine rings is 1. The van der Waals surface area contributed by atoms with Crippen LogP contribution >= 0.6 is 11.6 Å². The fraction of sp³-hybridized carbons (Fsp3) is 0.357. The molecule has 0 radical (unpaired) electrons. The van der Waals surface area contributed by atoms with E-state index in [9.17, 15) is 4.79 Å². The normalized spacial score (nSPS) is 10.5. The van der Waals surface area contributed by atoms with E-state index in [2.05, 4.69) is 20.8 Å². The molecule has 1 amide bonds. The summed E-state index contributed by atoms with van der Waals surface area (Å²) in [5.41, 5.74) is 2.11. The monoisotopic (exact) mass is 308 g/mol. The fourth-order valence-electron chi connectivity index (χ4n) is 1.92. The molecular weight excluding hydrogens is 292 g/mol. The molecule has 6 nitrogen and oxygen atoms in total. The number of anilines is 1. The van der Waals surface area contributed by atoms with Crippen molar-refractivity contribution >= 4 is 23.3 Å². The van der Waals surface area contributed by atoms with Crippen molar-refractivity contribution in [2.45, 2.75) is 27.3 Å². The number of amides is 1. The van der Waals surface area contributed by atoms with Crippen molar-refractivity contribution in [2.24, 2.45) is 0 Å². The molecule has 2 aromatic rings. The van der Waals surface area contributed by atoms with Crippen LogP contribution in [0.25, 0.3) is 0 Å². The van der Waals surface area contributed by atoms with Gasteiger partial charge < -0.3 is 15.2 Å². The van der Waals surface area contributed by atoms with Gasteiger partial charge in [-0.25, -0.2) is 4.98 Å². The summed E-state index contributed by atoms with van der Waals surface area (Å²) in [6.45, 7) is 6.66. The Balaban J connectivity index is 2.10. The molecular formula is C14H17ClN4O2. The van der Waals surface area contributed by atoms with E-state index in [4.69, 9.17) is 16.1 Å².